The van der Waals surface area contributed by atoms with Crippen molar-refractivity contribution in [1.29, 1.82) is 0 Å². The van der Waals surface area contributed by atoms with E-state index in [-0.39, 0.29) is 11.0 Å². The second-order valence-corrected chi connectivity index (χ2v) is 9.39. The lowest BCUT2D eigenvalue weighted by molar-refractivity contribution is -0.0580. The molecule has 1 unspecified atom stereocenters. The molecular weight excluding hydrogens is 372 g/mol. The van der Waals surface area contributed by atoms with E-state index in [0.717, 1.165) is 24.2 Å². The molecule has 2 aromatic rings. The Hall–Kier alpha value is -1.89. The highest BCUT2D eigenvalue weighted by Crippen LogP contribution is 2.26. The van der Waals surface area contributed by atoms with Crippen molar-refractivity contribution in [1.82, 2.24) is 4.90 Å². The molecule has 0 saturated carbocycles. The molecule has 6 heteroatoms. The third-order valence-corrected chi connectivity index (χ3v) is 6.76. The van der Waals surface area contributed by atoms with Crippen molar-refractivity contribution in [3.8, 4) is 0 Å². The first-order chi connectivity index (χ1) is 13.3. The maximum absolute atomic E-state index is 12.6. The van der Waals surface area contributed by atoms with E-state index in [4.69, 9.17) is 4.74 Å². The number of benzene rings is 2. The van der Waals surface area contributed by atoms with Crippen LogP contribution in [0, 0.1) is 0 Å². The van der Waals surface area contributed by atoms with Crippen molar-refractivity contribution in [2.24, 2.45) is 0 Å². The van der Waals surface area contributed by atoms with Gasteiger partial charge in [0.1, 0.15) is 0 Å². The van der Waals surface area contributed by atoms with Crippen molar-refractivity contribution < 1.29 is 13.2 Å². The van der Waals surface area contributed by atoms with E-state index >= 15 is 0 Å². The number of likely N-dealkylation sites (N-methyl/N-ethyl adjacent to an activating group) is 1. The standard InChI is InChI=1S/C22H30N2O3S/c1-5-24-14-22(27-15-17(24)4)19-6-10-20(11-7-19)23-28(25,26)21-12-8-18(9-13-21)16(2)3/h6-13,16-17,22-23H,5,14-15H2,1-4H3/t17-,22?/m0/s1. The molecule has 28 heavy (non-hydrogen) atoms. The molecule has 2 aromatic carbocycles. The maximum Gasteiger partial charge on any atom is 0.261 e. The molecule has 5 nitrogen and oxygen atoms in total. The molecular formula is C22H30N2O3S. The first-order valence-corrected chi connectivity index (χ1v) is 11.4. The minimum Gasteiger partial charge on any atom is -0.371 e. The number of rotatable bonds is 6. The molecule has 1 N–H and O–H groups in total. The summed E-state index contributed by atoms with van der Waals surface area (Å²) in [6, 6.07) is 14.9. The van der Waals surface area contributed by atoms with Crippen LogP contribution >= 0.6 is 0 Å². The molecule has 3 rings (SSSR count). The van der Waals surface area contributed by atoms with Crippen LogP contribution in [-0.4, -0.2) is 39.1 Å². The summed E-state index contributed by atoms with van der Waals surface area (Å²) in [6.07, 6.45) is 0.0189. The summed E-state index contributed by atoms with van der Waals surface area (Å²) in [7, 11) is -3.60. The second kappa shape index (κ2) is 8.64. The predicted molar refractivity (Wildman–Crippen MR) is 113 cm³/mol. The van der Waals surface area contributed by atoms with Gasteiger partial charge in [-0.1, -0.05) is 45.0 Å². The second-order valence-electron chi connectivity index (χ2n) is 7.71. The first kappa shape index (κ1) is 20.8. The third-order valence-electron chi connectivity index (χ3n) is 5.36. The highest BCUT2D eigenvalue weighted by molar-refractivity contribution is 7.92. The van der Waals surface area contributed by atoms with E-state index in [1.807, 2.05) is 24.3 Å². The van der Waals surface area contributed by atoms with Crippen LogP contribution in [0.5, 0.6) is 0 Å². The van der Waals surface area contributed by atoms with Gasteiger partial charge in [0, 0.05) is 18.3 Å². The molecule has 0 bridgehead atoms. The Morgan fingerprint density at radius 2 is 1.75 bits per heavy atom. The largest absolute Gasteiger partial charge is 0.371 e. The lowest BCUT2D eigenvalue weighted by Crippen LogP contribution is -2.44. The molecule has 1 aliphatic rings. The molecule has 2 atom stereocenters. The fraction of sp³-hybridized carbons (Fsp3) is 0.455. The molecule has 0 aliphatic carbocycles. The number of hydrogen-bond acceptors (Lipinski definition) is 4. The smallest absolute Gasteiger partial charge is 0.261 e. The Balaban J connectivity index is 1.69. The van der Waals surface area contributed by atoms with E-state index in [9.17, 15) is 8.42 Å². The fourth-order valence-electron chi connectivity index (χ4n) is 3.46. The van der Waals surface area contributed by atoms with Crippen molar-refractivity contribution >= 4 is 15.7 Å². The zero-order valence-corrected chi connectivity index (χ0v) is 17.9. The number of ether oxygens (including phenoxy) is 1. The van der Waals surface area contributed by atoms with E-state index < -0.39 is 10.0 Å². The minimum atomic E-state index is -3.60. The fourth-order valence-corrected chi connectivity index (χ4v) is 4.52. The normalized spacial score (nSPS) is 21.0. The van der Waals surface area contributed by atoms with E-state index in [1.165, 1.54) is 0 Å². The van der Waals surface area contributed by atoms with E-state index in [1.54, 1.807) is 24.3 Å². The number of sulfonamides is 1. The highest BCUT2D eigenvalue weighted by atomic mass is 32.2. The van der Waals surface area contributed by atoms with E-state index in [0.29, 0.717) is 24.3 Å². The number of anilines is 1. The average Bonchev–Trinajstić information content (AvgIpc) is 2.69. The summed E-state index contributed by atoms with van der Waals surface area (Å²) in [4.78, 5) is 2.66. The molecule has 152 valence electrons. The first-order valence-electron chi connectivity index (χ1n) is 9.88. The van der Waals surface area contributed by atoms with Crippen molar-refractivity contribution in [2.45, 2.75) is 50.7 Å². The maximum atomic E-state index is 12.6. The van der Waals surface area contributed by atoms with Crippen LogP contribution in [0.15, 0.2) is 53.4 Å². The Labute approximate surface area is 168 Å². The monoisotopic (exact) mass is 402 g/mol. The molecule has 0 aromatic heterocycles. The predicted octanol–water partition coefficient (Wildman–Crippen LogP) is 4.39. The van der Waals surface area contributed by atoms with E-state index in [2.05, 4.69) is 37.3 Å². The number of hydrogen-bond donors (Lipinski definition) is 1. The molecule has 1 fully saturated rings. The minimum absolute atomic E-state index is 0.0189. The summed E-state index contributed by atoms with van der Waals surface area (Å²) < 4.78 is 33.9. The van der Waals surface area contributed by atoms with Crippen LogP contribution in [-0.2, 0) is 14.8 Å². The molecule has 0 amide bonds. The van der Waals surface area contributed by atoms with Gasteiger partial charge in [-0.3, -0.25) is 9.62 Å². The quantitative estimate of drug-likeness (QED) is 0.778. The van der Waals surface area contributed by atoms with Gasteiger partial charge < -0.3 is 4.74 Å². The van der Waals surface area contributed by atoms with Gasteiger partial charge in [0.15, 0.2) is 0 Å². The van der Waals surface area contributed by atoms with Crippen LogP contribution in [0.3, 0.4) is 0 Å². The Bertz CT molecular complexity index is 877. The SMILES string of the molecule is CCN1CC(c2ccc(NS(=O)(=O)c3ccc(C(C)C)cc3)cc2)OC[C@@H]1C. The topological polar surface area (TPSA) is 58.6 Å². The van der Waals surface area contributed by atoms with Crippen molar-refractivity contribution in [2.75, 3.05) is 24.4 Å². The molecule has 0 spiro atoms. The number of morpholine rings is 1. The van der Waals surface area contributed by atoms with Crippen LogP contribution in [0.2, 0.25) is 0 Å². The lowest BCUT2D eigenvalue weighted by Gasteiger charge is -2.37. The summed E-state index contributed by atoms with van der Waals surface area (Å²) in [5.74, 6) is 0.367. The van der Waals surface area contributed by atoms with Gasteiger partial charge in [0.2, 0.25) is 0 Å². The Morgan fingerprint density at radius 1 is 1.11 bits per heavy atom. The van der Waals surface area contributed by atoms with Crippen LogP contribution in [0.25, 0.3) is 0 Å². The van der Waals surface area contributed by atoms with Crippen molar-refractivity contribution in [3.63, 3.8) is 0 Å². The number of nitrogens with one attached hydrogen (secondary N) is 1. The third kappa shape index (κ3) is 4.74. The van der Waals surface area contributed by atoms with Gasteiger partial charge >= 0.3 is 0 Å². The lowest BCUT2D eigenvalue weighted by atomic mass is 10.0. The Kier molecular flexibility index (Phi) is 6.43. The van der Waals surface area contributed by atoms with Gasteiger partial charge in [-0.25, -0.2) is 8.42 Å². The van der Waals surface area contributed by atoms with Gasteiger partial charge in [0.05, 0.1) is 17.6 Å². The molecule has 0 radical (unpaired) electrons. The van der Waals surface area contributed by atoms with Crippen LogP contribution < -0.4 is 4.72 Å². The summed E-state index contributed by atoms with van der Waals surface area (Å²) >= 11 is 0. The molecule has 1 heterocycles. The van der Waals surface area contributed by atoms with Crippen LogP contribution in [0.4, 0.5) is 5.69 Å². The molecule has 1 aliphatic heterocycles. The number of nitrogens with zero attached hydrogens (tertiary/aromatic N) is 1. The van der Waals surface area contributed by atoms with Gasteiger partial charge in [-0.2, -0.15) is 0 Å². The van der Waals surface area contributed by atoms with Crippen LogP contribution in [0.1, 0.15) is 50.8 Å². The average molecular weight is 403 g/mol. The highest BCUT2D eigenvalue weighted by Gasteiger charge is 2.26. The summed E-state index contributed by atoms with van der Waals surface area (Å²) in [6.45, 7) is 11.0. The summed E-state index contributed by atoms with van der Waals surface area (Å²) in [5.41, 5.74) is 2.73. The zero-order chi connectivity index (χ0) is 20.3. The van der Waals surface area contributed by atoms with Crippen molar-refractivity contribution in [3.05, 3.63) is 59.7 Å². The zero-order valence-electron chi connectivity index (χ0n) is 17.1. The Morgan fingerprint density at radius 3 is 2.32 bits per heavy atom. The van der Waals surface area contributed by atoms with Gasteiger partial charge in [-0.05, 0) is 54.8 Å². The summed E-state index contributed by atoms with van der Waals surface area (Å²) in [5, 5.41) is 0. The van der Waals surface area contributed by atoms with Gasteiger partial charge in [0.25, 0.3) is 10.0 Å². The molecule has 1 saturated heterocycles. The van der Waals surface area contributed by atoms with Gasteiger partial charge in [-0.15, -0.1) is 0 Å².